The molecule has 0 heterocycles. The number of thioether (sulfide) groups is 1. The molecule has 0 aliphatic heterocycles. The fraction of sp³-hybridized carbons (Fsp3) is 0.154. The van der Waals surface area contributed by atoms with E-state index in [-0.39, 0.29) is 0 Å². The van der Waals surface area contributed by atoms with Gasteiger partial charge in [0.15, 0.2) is 6.29 Å². The molecule has 15 heavy (non-hydrogen) atoms. The lowest BCUT2D eigenvalue weighted by Gasteiger charge is -2.06. The number of fused-ring (bicyclic) bond motifs is 1. The number of hydrogen-bond donors (Lipinski definition) is 0. The molecule has 1 nitrogen and oxygen atoms in total. The van der Waals surface area contributed by atoms with Crippen molar-refractivity contribution in [3.05, 3.63) is 47.5 Å². The van der Waals surface area contributed by atoms with Crippen molar-refractivity contribution >= 4 is 28.8 Å². The lowest BCUT2D eigenvalue weighted by molar-refractivity contribution is 0.112. The van der Waals surface area contributed by atoms with Crippen molar-refractivity contribution in [1.29, 1.82) is 0 Å². The fourth-order valence-electron chi connectivity index (χ4n) is 1.76. The van der Waals surface area contributed by atoms with Gasteiger partial charge in [0.05, 0.1) is 0 Å². The number of carbonyl (C=O) groups excluding carboxylic acids is 1. The van der Waals surface area contributed by atoms with Crippen LogP contribution >= 0.6 is 11.8 Å². The normalized spacial score (nSPS) is 10.5. The molecule has 0 atom stereocenters. The average molecular weight is 216 g/mol. The smallest absolute Gasteiger partial charge is 0.150 e. The summed E-state index contributed by atoms with van der Waals surface area (Å²) in [6.07, 6.45) is 3.01. The first-order valence-corrected chi connectivity index (χ1v) is 6.21. The summed E-state index contributed by atoms with van der Waals surface area (Å²) < 4.78 is 0. The molecule has 0 saturated heterocycles. The highest BCUT2D eigenvalue weighted by Gasteiger charge is 2.05. The largest absolute Gasteiger partial charge is 0.298 e. The van der Waals surface area contributed by atoms with Crippen molar-refractivity contribution in [3.63, 3.8) is 0 Å². The Labute approximate surface area is 93.5 Å². The zero-order valence-corrected chi connectivity index (χ0v) is 9.38. The Morgan fingerprint density at radius 1 is 1.20 bits per heavy atom. The van der Waals surface area contributed by atoms with Crippen LogP contribution in [0.3, 0.4) is 0 Å². The van der Waals surface area contributed by atoms with Gasteiger partial charge in [-0.25, -0.2) is 0 Å². The van der Waals surface area contributed by atoms with E-state index in [0.29, 0.717) is 0 Å². The maximum Gasteiger partial charge on any atom is 0.150 e. The average Bonchev–Trinajstić information content (AvgIpc) is 2.29. The van der Waals surface area contributed by atoms with Crippen molar-refractivity contribution in [2.75, 3.05) is 6.26 Å². The first-order chi connectivity index (χ1) is 7.36. The standard InChI is InChI=1S/C13H12OS/c1-15-9-11-7-6-10-4-2-3-5-12(10)13(11)8-14/h2-8H,9H2,1H3. The van der Waals surface area contributed by atoms with Crippen molar-refractivity contribution in [3.8, 4) is 0 Å². The Morgan fingerprint density at radius 3 is 2.73 bits per heavy atom. The Morgan fingerprint density at radius 2 is 2.00 bits per heavy atom. The maximum atomic E-state index is 11.1. The van der Waals surface area contributed by atoms with Crippen molar-refractivity contribution in [2.45, 2.75) is 5.75 Å². The second kappa shape index (κ2) is 4.49. The maximum absolute atomic E-state index is 11.1. The first-order valence-electron chi connectivity index (χ1n) is 4.81. The van der Waals surface area contributed by atoms with Crippen LogP contribution in [0.5, 0.6) is 0 Å². The molecule has 2 aromatic carbocycles. The lowest BCUT2D eigenvalue weighted by Crippen LogP contribution is -1.92. The van der Waals surface area contributed by atoms with E-state index in [1.54, 1.807) is 11.8 Å². The third-order valence-corrected chi connectivity index (χ3v) is 3.08. The minimum absolute atomic E-state index is 0.836. The third kappa shape index (κ3) is 1.90. The van der Waals surface area contributed by atoms with E-state index in [4.69, 9.17) is 0 Å². The number of hydrogen-bond acceptors (Lipinski definition) is 2. The summed E-state index contributed by atoms with van der Waals surface area (Å²) in [5.74, 6) is 0.888. The Bertz CT molecular complexity index is 491. The number of aldehydes is 1. The zero-order valence-electron chi connectivity index (χ0n) is 8.57. The van der Waals surface area contributed by atoms with E-state index in [2.05, 4.69) is 6.07 Å². The van der Waals surface area contributed by atoms with Gasteiger partial charge >= 0.3 is 0 Å². The monoisotopic (exact) mass is 216 g/mol. The second-order valence-corrected chi connectivity index (χ2v) is 4.28. The molecule has 0 fully saturated rings. The molecule has 0 aliphatic carbocycles. The Hall–Kier alpha value is -1.28. The van der Waals surface area contributed by atoms with Gasteiger partial charge in [0.2, 0.25) is 0 Å². The molecule has 0 aliphatic rings. The molecular weight excluding hydrogens is 204 g/mol. The summed E-state index contributed by atoms with van der Waals surface area (Å²) in [6.45, 7) is 0. The molecular formula is C13H12OS. The fourth-order valence-corrected chi connectivity index (χ4v) is 2.32. The van der Waals surface area contributed by atoms with Crippen molar-refractivity contribution < 1.29 is 4.79 Å². The topological polar surface area (TPSA) is 17.1 Å². The van der Waals surface area contributed by atoms with E-state index in [0.717, 1.165) is 33.9 Å². The van der Waals surface area contributed by atoms with Crippen LogP contribution < -0.4 is 0 Å². The Balaban J connectivity index is 2.69. The second-order valence-electron chi connectivity index (χ2n) is 3.41. The van der Waals surface area contributed by atoms with Crippen LogP contribution in [0.1, 0.15) is 15.9 Å². The predicted molar refractivity (Wildman–Crippen MR) is 66.6 cm³/mol. The molecule has 0 radical (unpaired) electrons. The van der Waals surface area contributed by atoms with Crippen LogP contribution in [-0.2, 0) is 5.75 Å². The van der Waals surface area contributed by atoms with E-state index < -0.39 is 0 Å². The number of benzene rings is 2. The van der Waals surface area contributed by atoms with Crippen molar-refractivity contribution in [1.82, 2.24) is 0 Å². The van der Waals surface area contributed by atoms with Gasteiger partial charge in [-0.15, -0.1) is 0 Å². The Kier molecular flexibility index (Phi) is 3.07. The van der Waals surface area contributed by atoms with E-state index in [9.17, 15) is 4.79 Å². The van der Waals surface area contributed by atoms with Crippen LogP contribution in [0.4, 0.5) is 0 Å². The summed E-state index contributed by atoms with van der Waals surface area (Å²) in [5.41, 5.74) is 1.96. The molecule has 2 rings (SSSR count). The number of rotatable bonds is 3. The predicted octanol–water partition coefficient (Wildman–Crippen LogP) is 3.52. The minimum atomic E-state index is 0.836. The molecule has 0 saturated carbocycles. The van der Waals surface area contributed by atoms with Gasteiger partial charge in [-0.1, -0.05) is 36.4 Å². The van der Waals surface area contributed by atoms with Gasteiger partial charge in [-0.2, -0.15) is 11.8 Å². The molecule has 0 aromatic heterocycles. The molecule has 0 spiro atoms. The van der Waals surface area contributed by atoms with Crippen LogP contribution in [0.25, 0.3) is 10.8 Å². The molecule has 2 aromatic rings. The SMILES string of the molecule is CSCc1ccc2ccccc2c1C=O. The van der Waals surface area contributed by atoms with Gasteiger partial charge < -0.3 is 0 Å². The molecule has 2 heteroatoms. The zero-order chi connectivity index (χ0) is 10.7. The van der Waals surface area contributed by atoms with Crippen molar-refractivity contribution in [2.24, 2.45) is 0 Å². The molecule has 0 amide bonds. The summed E-state index contributed by atoms with van der Waals surface area (Å²) in [4.78, 5) is 11.1. The van der Waals surface area contributed by atoms with Gasteiger partial charge in [0.1, 0.15) is 0 Å². The summed E-state index contributed by atoms with van der Waals surface area (Å²) in [6, 6.07) is 12.1. The minimum Gasteiger partial charge on any atom is -0.298 e. The molecule has 0 bridgehead atoms. The van der Waals surface area contributed by atoms with Crippen LogP contribution in [0, 0.1) is 0 Å². The highest BCUT2D eigenvalue weighted by molar-refractivity contribution is 7.97. The molecule has 0 N–H and O–H groups in total. The van der Waals surface area contributed by atoms with Gasteiger partial charge in [-0.3, -0.25) is 4.79 Å². The van der Waals surface area contributed by atoms with Gasteiger partial charge in [-0.05, 0) is 22.6 Å². The lowest BCUT2D eigenvalue weighted by atomic mass is 10.0. The summed E-state index contributed by atoms with van der Waals surface area (Å²) in [5, 5.41) is 2.18. The number of carbonyl (C=O) groups is 1. The van der Waals surface area contributed by atoms with E-state index >= 15 is 0 Å². The highest BCUT2D eigenvalue weighted by Crippen LogP contribution is 2.23. The first kappa shape index (κ1) is 10.2. The third-order valence-electron chi connectivity index (χ3n) is 2.48. The summed E-state index contributed by atoms with van der Waals surface area (Å²) >= 11 is 1.73. The van der Waals surface area contributed by atoms with Gasteiger partial charge in [0, 0.05) is 11.3 Å². The van der Waals surface area contributed by atoms with Gasteiger partial charge in [0.25, 0.3) is 0 Å². The summed E-state index contributed by atoms with van der Waals surface area (Å²) in [7, 11) is 0. The van der Waals surface area contributed by atoms with Crippen LogP contribution in [0.2, 0.25) is 0 Å². The molecule has 76 valence electrons. The quantitative estimate of drug-likeness (QED) is 0.730. The van der Waals surface area contributed by atoms with Crippen LogP contribution in [0.15, 0.2) is 36.4 Å². The molecule has 0 unspecified atom stereocenters. The van der Waals surface area contributed by atoms with E-state index in [1.807, 2.05) is 36.6 Å². The highest BCUT2D eigenvalue weighted by atomic mass is 32.2. The van der Waals surface area contributed by atoms with Crippen LogP contribution in [-0.4, -0.2) is 12.5 Å². The van der Waals surface area contributed by atoms with E-state index in [1.165, 1.54) is 0 Å².